The fourth-order valence-corrected chi connectivity index (χ4v) is 4.35. The van der Waals surface area contributed by atoms with Gasteiger partial charge in [0.05, 0.1) is 4.90 Å². The van der Waals surface area contributed by atoms with Gasteiger partial charge in [0.2, 0.25) is 5.91 Å². The molecular formula is C15H18N4O3S2. The zero-order valence-electron chi connectivity index (χ0n) is 12.9. The largest absolute Gasteiger partial charge is 0.326 e. The van der Waals surface area contributed by atoms with Crippen LogP contribution < -0.4 is 15.4 Å². The maximum absolute atomic E-state index is 12.4. The molecule has 0 bridgehead atoms. The van der Waals surface area contributed by atoms with Gasteiger partial charge in [-0.2, -0.15) is 0 Å². The van der Waals surface area contributed by atoms with Crippen LogP contribution in [0.4, 0.5) is 10.8 Å². The molecule has 0 atom stereocenters. The highest BCUT2D eigenvalue weighted by Gasteiger charge is 2.22. The Bertz CT molecular complexity index is 800. The highest BCUT2D eigenvalue weighted by atomic mass is 32.2. The second-order valence-corrected chi connectivity index (χ2v) is 8.06. The number of carbonyl (C=O) groups excluding carboxylic acids is 1. The predicted octanol–water partition coefficient (Wildman–Crippen LogP) is 1.88. The molecule has 2 aromatic rings. The topological polar surface area (TPSA) is 100 Å². The van der Waals surface area contributed by atoms with Crippen LogP contribution in [0, 0.1) is 5.92 Å². The zero-order valence-corrected chi connectivity index (χ0v) is 14.5. The van der Waals surface area contributed by atoms with Crippen molar-refractivity contribution in [2.24, 2.45) is 5.92 Å². The van der Waals surface area contributed by atoms with Gasteiger partial charge in [-0.1, -0.05) is 6.07 Å². The van der Waals surface area contributed by atoms with Crippen molar-refractivity contribution in [1.82, 2.24) is 10.3 Å². The number of amides is 1. The smallest absolute Gasteiger partial charge is 0.263 e. The maximum atomic E-state index is 12.4. The average Bonchev–Trinajstić information content (AvgIpc) is 3.08. The summed E-state index contributed by atoms with van der Waals surface area (Å²) >= 11 is 1.20. The fourth-order valence-electron chi connectivity index (χ4n) is 2.52. The number of benzene rings is 1. The van der Waals surface area contributed by atoms with Crippen LogP contribution in [0.5, 0.6) is 0 Å². The van der Waals surface area contributed by atoms with Crippen LogP contribution in [0.1, 0.15) is 12.8 Å². The van der Waals surface area contributed by atoms with Crippen molar-refractivity contribution in [2.75, 3.05) is 23.1 Å². The number of hydrogen-bond acceptors (Lipinski definition) is 6. The van der Waals surface area contributed by atoms with E-state index in [1.54, 1.807) is 17.5 Å². The first-order valence-corrected chi connectivity index (χ1v) is 9.95. The summed E-state index contributed by atoms with van der Waals surface area (Å²) in [5, 5.41) is 8.01. The highest BCUT2D eigenvalue weighted by molar-refractivity contribution is 7.93. The monoisotopic (exact) mass is 366 g/mol. The molecule has 0 unspecified atom stereocenters. The number of rotatable bonds is 5. The van der Waals surface area contributed by atoms with Crippen molar-refractivity contribution in [3.05, 3.63) is 35.8 Å². The van der Waals surface area contributed by atoms with Crippen molar-refractivity contribution < 1.29 is 13.2 Å². The molecular weight excluding hydrogens is 348 g/mol. The molecule has 0 spiro atoms. The minimum absolute atomic E-state index is 0.0417. The SMILES string of the molecule is O=C(Nc1cccc(S(=O)(=O)Nc2nccs2)c1)C1CCNCC1. The molecule has 1 fully saturated rings. The van der Waals surface area contributed by atoms with Crippen molar-refractivity contribution in [3.8, 4) is 0 Å². The quantitative estimate of drug-likeness (QED) is 0.750. The van der Waals surface area contributed by atoms with Crippen LogP contribution in [0.25, 0.3) is 0 Å². The van der Waals surface area contributed by atoms with Gasteiger partial charge >= 0.3 is 0 Å². The molecule has 1 aromatic carbocycles. The van der Waals surface area contributed by atoms with Crippen LogP contribution in [-0.4, -0.2) is 32.4 Å². The van der Waals surface area contributed by atoms with Crippen molar-refractivity contribution >= 4 is 38.1 Å². The predicted molar refractivity (Wildman–Crippen MR) is 93.6 cm³/mol. The Morgan fingerprint density at radius 3 is 2.79 bits per heavy atom. The molecule has 3 rings (SSSR count). The summed E-state index contributed by atoms with van der Waals surface area (Å²) < 4.78 is 27.2. The lowest BCUT2D eigenvalue weighted by Gasteiger charge is -2.21. The first-order chi connectivity index (χ1) is 11.5. The molecule has 1 aliphatic heterocycles. The lowest BCUT2D eigenvalue weighted by Crippen LogP contribution is -2.34. The molecule has 1 aromatic heterocycles. The van der Waals surface area contributed by atoms with Gasteiger partial charge in [-0.25, -0.2) is 13.4 Å². The minimum atomic E-state index is -3.73. The standard InChI is InChI=1S/C15H18N4O3S2/c20-14(11-4-6-16-7-5-11)18-12-2-1-3-13(10-12)24(21,22)19-15-17-8-9-23-15/h1-3,8-11,16H,4-7H2,(H,17,19)(H,18,20). The van der Waals surface area contributed by atoms with Gasteiger partial charge < -0.3 is 10.6 Å². The Hall–Kier alpha value is -1.97. The molecule has 0 radical (unpaired) electrons. The number of aromatic nitrogens is 1. The van der Waals surface area contributed by atoms with Crippen LogP contribution in [-0.2, 0) is 14.8 Å². The molecule has 0 saturated carbocycles. The van der Waals surface area contributed by atoms with Crippen molar-refractivity contribution in [2.45, 2.75) is 17.7 Å². The summed E-state index contributed by atoms with van der Waals surface area (Å²) in [5.41, 5.74) is 0.473. The molecule has 24 heavy (non-hydrogen) atoms. The number of sulfonamides is 1. The minimum Gasteiger partial charge on any atom is -0.326 e. The van der Waals surface area contributed by atoms with E-state index in [0.29, 0.717) is 10.8 Å². The Morgan fingerprint density at radius 1 is 1.29 bits per heavy atom. The summed E-state index contributed by atoms with van der Waals surface area (Å²) in [5.74, 6) is -0.112. The molecule has 2 heterocycles. The molecule has 1 saturated heterocycles. The molecule has 128 valence electrons. The second kappa shape index (κ2) is 7.29. The van der Waals surface area contributed by atoms with E-state index in [9.17, 15) is 13.2 Å². The average molecular weight is 366 g/mol. The number of carbonyl (C=O) groups is 1. The lowest BCUT2D eigenvalue weighted by molar-refractivity contribution is -0.120. The normalized spacial score (nSPS) is 15.8. The van der Waals surface area contributed by atoms with Gasteiger partial charge in [0, 0.05) is 23.2 Å². The van der Waals surface area contributed by atoms with E-state index in [1.165, 1.54) is 29.7 Å². The molecule has 1 aliphatic rings. The first-order valence-electron chi connectivity index (χ1n) is 7.58. The third kappa shape index (κ3) is 4.11. The van der Waals surface area contributed by atoms with Gasteiger partial charge in [0.25, 0.3) is 10.0 Å². The van der Waals surface area contributed by atoms with Crippen LogP contribution >= 0.6 is 11.3 Å². The zero-order chi connectivity index (χ0) is 17.0. The molecule has 1 amide bonds. The van der Waals surface area contributed by atoms with Crippen LogP contribution in [0.3, 0.4) is 0 Å². The van der Waals surface area contributed by atoms with E-state index < -0.39 is 10.0 Å². The van der Waals surface area contributed by atoms with Gasteiger partial charge in [-0.3, -0.25) is 9.52 Å². The number of anilines is 2. The van der Waals surface area contributed by atoms with E-state index >= 15 is 0 Å². The van der Waals surface area contributed by atoms with Gasteiger partial charge in [0.1, 0.15) is 0 Å². The number of nitrogens with zero attached hydrogens (tertiary/aromatic N) is 1. The number of thiazole rings is 1. The fraction of sp³-hybridized carbons (Fsp3) is 0.333. The summed E-state index contributed by atoms with van der Waals surface area (Å²) in [7, 11) is -3.73. The maximum Gasteiger partial charge on any atom is 0.263 e. The van der Waals surface area contributed by atoms with Crippen molar-refractivity contribution in [1.29, 1.82) is 0 Å². The van der Waals surface area contributed by atoms with E-state index in [1.807, 2.05) is 0 Å². The summed E-state index contributed by atoms with van der Waals surface area (Å²) in [6.45, 7) is 1.65. The summed E-state index contributed by atoms with van der Waals surface area (Å²) in [6, 6.07) is 6.22. The molecule has 9 heteroatoms. The first kappa shape index (κ1) is 16.9. The Labute approximate surface area is 144 Å². The van der Waals surface area contributed by atoms with E-state index in [2.05, 4.69) is 20.3 Å². The third-order valence-electron chi connectivity index (χ3n) is 3.78. The van der Waals surface area contributed by atoms with Gasteiger partial charge in [-0.05, 0) is 44.1 Å². The third-order valence-corrected chi connectivity index (χ3v) is 5.93. The summed E-state index contributed by atoms with van der Waals surface area (Å²) in [4.78, 5) is 16.3. The van der Waals surface area contributed by atoms with E-state index in [0.717, 1.165) is 25.9 Å². The molecule has 0 aliphatic carbocycles. The van der Waals surface area contributed by atoms with Gasteiger partial charge in [-0.15, -0.1) is 11.3 Å². The highest BCUT2D eigenvalue weighted by Crippen LogP contribution is 2.21. The Morgan fingerprint density at radius 2 is 2.08 bits per heavy atom. The van der Waals surface area contributed by atoms with Crippen LogP contribution in [0.2, 0.25) is 0 Å². The second-order valence-electron chi connectivity index (χ2n) is 5.48. The number of hydrogen-bond donors (Lipinski definition) is 3. The number of piperidine rings is 1. The van der Waals surface area contributed by atoms with Gasteiger partial charge in [0.15, 0.2) is 5.13 Å². The molecule has 7 nitrogen and oxygen atoms in total. The van der Waals surface area contributed by atoms with E-state index in [4.69, 9.17) is 0 Å². The lowest BCUT2D eigenvalue weighted by atomic mass is 9.97. The molecule has 3 N–H and O–H groups in total. The Kier molecular flexibility index (Phi) is 5.12. The summed E-state index contributed by atoms with van der Waals surface area (Å²) in [6.07, 6.45) is 3.10. The van der Waals surface area contributed by atoms with E-state index in [-0.39, 0.29) is 16.7 Å². The number of nitrogens with one attached hydrogen (secondary N) is 3. The van der Waals surface area contributed by atoms with Crippen LogP contribution in [0.15, 0.2) is 40.7 Å². The van der Waals surface area contributed by atoms with Crippen molar-refractivity contribution in [3.63, 3.8) is 0 Å². The Balaban J connectivity index is 1.72.